The number of carbonyl (C=O) groups is 4. The first-order chi connectivity index (χ1) is 16.0. The lowest BCUT2D eigenvalue weighted by molar-refractivity contribution is -0.127. The second-order valence-corrected chi connectivity index (χ2v) is 8.36. The average molecular weight is 441 g/mol. The number of halogens is 1. The van der Waals surface area contributed by atoms with E-state index in [2.05, 4.69) is 0 Å². The van der Waals surface area contributed by atoms with E-state index in [0.29, 0.717) is 5.56 Å². The summed E-state index contributed by atoms with van der Waals surface area (Å²) in [5.41, 5.74) is -1.52. The van der Waals surface area contributed by atoms with Gasteiger partial charge in [0, 0.05) is 11.1 Å². The number of hydrogen-bond donors (Lipinski definition) is 0. The van der Waals surface area contributed by atoms with Crippen molar-refractivity contribution in [3.8, 4) is 0 Å². The molecule has 0 radical (unpaired) electrons. The smallest absolute Gasteiger partial charge is 0.241 e. The van der Waals surface area contributed by atoms with Gasteiger partial charge in [-0.2, -0.15) is 0 Å². The van der Waals surface area contributed by atoms with E-state index in [4.69, 9.17) is 4.74 Å². The lowest BCUT2D eigenvalue weighted by atomic mass is 9.77. The minimum atomic E-state index is -2.17. The quantitative estimate of drug-likeness (QED) is 0.449. The summed E-state index contributed by atoms with van der Waals surface area (Å²) in [7, 11) is 0. The number of Topliss-reactive ketones (excluding diaryl/α,β-unsaturated/α-hetero) is 2. The van der Waals surface area contributed by atoms with E-state index in [1.807, 2.05) is 0 Å². The fraction of sp³-hybridized carbons (Fsp3) is 0.154. The zero-order valence-electron chi connectivity index (χ0n) is 17.1. The summed E-state index contributed by atoms with van der Waals surface area (Å²) < 4.78 is 20.8. The van der Waals surface area contributed by atoms with Crippen molar-refractivity contribution in [2.45, 2.75) is 11.7 Å². The van der Waals surface area contributed by atoms with Gasteiger partial charge in [-0.25, -0.2) is 9.29 Å². The van der Waals surface area contributed by atoms with Crippen molar-refractivity contribution < 1.29 is 28.3 Å². The number of nitrogens with zero attached hydrogens (tertiary/aromatic N) is 1. The maximum absolute atomic E-state index is 14.6. The molecule has 2 fully saturated rings. The Balaban J connectivity index is 1.57. The third-order valence-electron chi connectivity index (χ3n) is 6.74. The van der Waals surface area contributed by atoms with Gasteiger partial charge in [-0.1, -0.05) is 66.7 Å². The summed E-state index contributed by atoms with van der Waals surface area (Å²) in [4.78, 5) is 55.3. The summed E-state index contributed by atoms with van der Waals surface area (Å²) in [5.74, 6) is -6.11. The zero-order valence-corrected chi connectivity index (χ0v) is 17.1. The number of amides is 2. The Morgan fingerprint density at radius 3 is 1.94 bits per heavy atom. The Labute approximate surface area is 187 Å². The Morgan fingerprint density at radius 1 is 0.727 bits per heavy atom. The van der Waals surface area contributed by atoms with Gasteiger partial charge in [0.15, 0.2) is 0 Å². The van der Waals surface area contributed by atoms with Crippen LogP contribution >= 0.6 is 0 Å². The number of carbonyl (C=O) groups excluding carboxylic acids is 4. The van der Waals surface area contributed by atoms with Crippen molar-refractivity contribution in [1.29, 1.82) is 0 Å². The molecule has 3 aromatic rings. The third kappa shape index (κ3) is 2.40. The topological polar surface area (TPSA) is 80.8 Å². The minimum Gasteiger partial charge on any atom is -0.349 e. The molecule has 0 aromatic heterocycles. The zero-order chi connectivity index (χ0) is 22.9. The summed E-state index contributed by atoms with van der Waals surface area (Å²) in [6.45, 7) is 0. The van der Waals surface area contributed by atoms with Crippen LogP contribution in [0.15, 0.2) is 78.9 Å². The lowest BCUT2D eigenvalue weighted by Gasteiger charge is -2.27. The van der Waals surface area contributed by atoms with Gasteiger partial charge in [-0.15, -0.1) is 0 Å². The first-order valence-electron chi connectivity index (χ1n) is 10.5. The number of benzene rings is 3. The van der Waals surface area contributed by atoms with Crippen molar-refractivity contribution in [2.75, 3.05) is 4.90 Å². The van der Waals surface area contributed by atoms with Crippen LogP contribution in [0.5, 0.6) is 0 Å². The highest BCUT2D eigenvalue weighted by Crippen LogP contribution is 2.57. The molecule has 2 aliphatic heterocycles. The largest absolute Gasteiger partial charge is 0.349 e. The molecule has 33 heavy (non-hydrogen) atoms. The number of fused-ring (bicyclic) bond motifs is 3. The molecule has 2 heterocycles. The van der Waals surface area contributed by atoms with Gasteiger partial charge in [-0.3, -0.25) is 19.2 Å². The van der Waals surface area contributed by atoms with Crippen LogP contribution in [0.25, 0.3) is 0 Å². The molecule has 2 saturated heterocycles. The number of para-hydroxylation sites is 1. The molecule has 0 saturated carbocycles. The highest BCUT2D eigenvalue weighted by atomic mass is 19.1. The van der Waals surface area contributed by atoms with E-state index in [0.717, 1.165) is 11.0 Å². The first kappa shape index (κ1) is 19.7. The second-order valence-electron chi connectivity index (χ2n) is 8.36. The highest BCUT2D eigenvalue weighted by Gasteiger charge is 2.74. The molecule has 0 bridgehead atoms. The number of ether oxygens (including phenoxy) is 1. The molecule has 6 rings (SSSR count). The number of imide groups is 1. The molecular weight excluding hydrogens is 425 g/mol. The molecule has 3 aromatic carbocycles. The van der Waals surface area contributed by atoms with Gasteiger partial charge in [0.05, 0.1) is 23.6 Å². The average Bonchev–Trinajstić information content (AvgIpc) is 3.40. The van der Waals surface area contributed by atoms with E-state index >= 15 is 0 Å². The Morgan fingerprint density at radius 2 is 1.30 bits per heavy atom. The second kappa shape index (κ2) is 6.76. The van der Waals surface area contributed by atoms with Gasteiger partial charge in [-0.05, 0) is 17.7 Å². The van der Waals surface area contributed by atoms with Gasteiger partial charge < -0.3 is 4.74 Å². The van der Waals surface area contributed by atoms with E-state index in [9.17, 15) is 23.6 Å². The molecular formula is C26H16FNO5. The maximum atomic E-state index is 14.6. The van der Waals surface area contributed by atoms with Crippen LogP contribution in [0, 0.1) is 17.7 Å². The summed E-state index contributed by atoms with van der Waals surface area (Å²) in [6.07, 6.45) is -1.02. The van der Waals surface area contributed by atoms with Crippen LogP contribution in [0.1, 0.15) is 32.4 Å². The first-order valence-corrected chi connectivity index (χ1v) is 10.5. The van der Waals surface area contributed by atoms with Gasteiger partial charge in [0.25, 0.3) is 0 Å². The third-order valence-corrected chi connectivity index (χ3v) is 6.74. The van der Waals surface area contributed by atoms with Crippen molar-refractivity contribution >= 4 is 29.1 Å². The predicted octanol–water partition coefficient (Wildman–Crippen LogP) is 3.52. The normalized spacial score (nSPS) is 25.1. The number of ketones is 2. The fourth-order valence-electron chi connectivity index (χ4n) is 5.33. The minimum absolute atomic E-state index is 0.152. The van der Waals surface area contributed by atoms with E-state index in [1.54, 1.807) is 42.5 Å². The van der Waals surface area contributed by atoms with Crippen LogP contribution in [-0.4, -0.2) is 29.0 Å². The number of anilines is 1. The fourth-order valence-corrected chi connectivity index (χ4v) is 5.33. The summed E-state index contributed by atoms with van der Waals surface area (Å²) in [6, 6.07) is 20.4. The molecule has 0 N–H and O–H groups in total. The Hall–Kier alpha value is -3.97. The molecule has 2 amide bonds. The molecule has 162 valence electrons. The van der Waals surface area contributed by atoms with Gasteiger partial charge in [0.2, 0.25) is 29.0 Å². The van der Waals surface area contributed by atoms with Gasteiger partial charge in [0.1, 0.15) is 5.82 Å². The van der Waals surface area contributed by atoms with E-state index < -0.39 is 52.7 Å². The molecule has 3 atom stereocenters. The van der Waals surface area contributed by atoms with E-state index in [1.165, 1.54) is 30.3 Å². The predicted molar refractivity (Wildman–Crippen MR) is 114 cm³/mol. The highest BCUT2D eigenvalue weighted by molar-refractivity contribution is 6.37. The van der Waals surface area contributed by atoms with Gasteiger partial charge >= 0.3 is 0 Å². The summed E-state index contributed by atoms with van der Waals surface area (Å²) in [5, 5.41) is 0. The van der Waals surface area contributed by atoms with Crippen LogP contribution < -0.4 is 4.90 Å². The van der Waals surface area contributed by atoms with E-state index in [-0.39, 0.29) is 16.8 Å². The molecule has 7 heteroatoms. The lowest BCUT2D eigenvalue weighted by Crippen LogP contribution is -2.51. The number of rotatable bonds is 2. The van der Waals surface area contributed by atoms with Crippen molar-refractivity contribution in [1.82, 2.24) is 0 Å². The Kier molecular flexibility index (Phi) is 4.04. The molecule has 6 nitrogen and oxygen atoms in total. The summed E-state index contributed by atoms with van der Waals surface area (Å²) >= 11 is 0. The van der Waals surface area contributed by atoms with Crippen LogP contribution in [0.4, 0.5) is 10.1 Å². The Bertz CT molecular complexity index is 1330. The molecule has 1 spiro atoms. The standard InChI is InChI=1S/C26H16FNO5/c27-17-12-6-7-13-18(17)28-24(31)19-20(25(28)32)26(33-21(19)14-8-2-1-3-9-14)22(29)15-10-4-5-11-16(15)23(26)30/h1-13,19-21H/t19-,20-,21-/m1/s1. The monoisotopic (exact) mass is 441 g/mol. The van der Waals surface area contributed by atoms with Crippen molar-refractivity contribution in [2.24, 2.45) is 11.8 Å². The maximum Gasteiger partial charge on any atom is 0.241 e. The SMILES string of the molecule is O=C1[C@H]2[C@@H](c3ccccc3)OC3(C(=O)c4ccccc4C3=O)[C@H]2C(=O)N1c1ccccc1F. The van der Waals surface area contributed by atoms with Crippen molar-refractivity contribution in [3.05, 3.63) is 101 Å². The number of hydrogen-bond acceptors (Lipinski definition) is 5. The molecule has 0 unspecified atom stereocenters. The van der Waals surface area contributed by atoms with Crippen LogP contribution in [-0.2, 0) is 14.3 Å². The molecule has 3 aliphatic rings. The molecule has 1 aliphatic carbocycles. The van der Waals surface area contributed by atoms with Crippen LogP contribution in [0.3, 0.4) is 0 Å². The van der Waals surface area contributed by atoms with Crippen molar-refractivity contribution in [3.63, 3.8) is 0 Å². The van der Waals surface area contributed by atoms with Crippen LogP contribution in [0.2, 0.25) is 0 Å².